The highest BCUT2D eigenvalue weighted by Crippen LogP contribution is 2.49. The summed E-state index contributed by atoms with van der Waals surface area (Å²) < 4.78 is 23.2. The Morgan fingerprint density at radius 2 is 1.03 bits per heavy atom. The van der Waals surface area contributed by atoms with Crippen molar-refractivity contribution in [2.45, 2.75) is 72.4 Å². The maximum atomic E-state index is 13.0. The standard InChI is InChI=1S/C27H29NO5.C27H27NO3/c1-17-10-11-21(13-23(17)33-15-20-8-6-5-7-9-20)25-27(31,16-29)26(30)28(25)22-12-18(2)19(3)24(14-22)32-4;1-17-11-12-22(14-24(17)31-16-21-9-7-6-8-10-21)26-20(4)27(29)28(26)23-13-18(2)19(3)25(15-23)30-5/h5-14,25,29,31H,15-16H2,1-4H3;6-15,26H,4,16H2,1-3,5H3/t25-,27-;26-/m01/s1. The molecule has 64 heavy (non-hydrogen) atoms. The third-order valence-electron chi connectivity index (χ3n) is 12.4. The molecule has 0 unspecified atom stereocenters. The number of rotatable bonds is 13. The van der Waals surface area contributed by atoms with Gasteiger partial charge in [-0.25, -0.2) is 0 Å². The van der Waals surface area contributed by atoms with Crippen LogP contribution >= 0.6 is 0 Å². The summed E-state index contributed by atoms with van der Waals surface area (Å²) in [5, 5.41) is 21.0. The van der Waals surface area contributed by atoms with Gasteiger partial charge in [0.05, 0.1) is 26.9 Å². The number of carbonyl (C=O) groups is 2. The SMILES string of the molecule is C=C1C(=O)N(c2cc(C)c(C)c(OC)c2)[C@H]1c1ccc(C)c(OCc2ccccc2)c1.COc1cc(N2C(=O)[C@](O)(CO)[C@@H]2c2ccc(C)c(OCc3ccccc3)c2)cc(C)c1C. The smallest absolute Gasteiger partial charge is 0.264 e. The van der Waals surface area contributed by atoms with E-state index >= 15 is 0 Å². The number of hydrogen-bond acceptors (Lipinski definition) is 8. The molecule has 3 atom stereocenters. The maximum Gasteiger partial charge on any atom is 0.264 e. The van der Waals surface area contributed by atoms with Crippen molar-refractivity contribution in [1.29, 1.82) is 0 Å². The zero-order valence-corrected chi connectivity index (χ0v) is 37.8. The molecule has 2 heterocycles. The van der Waals surface area contributed by atoms with E-state index in [9.17, 15) is 19.8 Å². The highest BCUT2D eigenvalue weighted by atomic mass is 16.5. The van der Waals surface area contributed by atoms with Crippen molar-refractivity contribution in [1.82, 2.24) is 0 Å². The fourth-order valence-electron chi connectivity index (χ4n) is 8.21. The Bertz CT molecular complexity index is 2700. The monoisotopic (exact) mass is 860 g/mol. The number of methoxy groups -OCH3 is 2. The number of ether oxygens (including phenoxy) is 4. The normalized spacial score (nSPS) is 17.8. The Morgan fingerprint density at radius 3 is 1.50 bits per heavy atom. The van der Waals surface area contributed by atoms with E-state index in [1.165, 1.54) is 4.90 Å². The van der Waals surface area contributed by atoms with Gasteiger partial charge in [0.25, 0.3) is 11.8 Å². The predicted octanol–water partition coefficient (Wildman–Crippen LogP) is 9.85. The van der Waals surface area contributed by atoms with Gasteiger partial charge in [-0.1, -0.05) is 91.5 Å². The number of carbonyl (C=O) groups excluding carboxylic acids is 2. The number of amides is 2. The van der Waals surface area contributed by atoms with Crippen LogP contribution in [0.15, 0.2) is 133 Å². The summed E-state index contributed by atoms with van der Waals surface area (Å²) in [6, 6.07) is 38.2. The van der Waals surface area contributed by atoms with Gasteiger partial charge < -0.3 is 29.2 Å². The van der Waals surface area contributed by atoms with Crippen molar-refractivity contribution in [3.8, 4) is 23.0 Å². The summed E-state index contributed by atoms with van der Waals surface area (Å²) in [5.74, 6) is 2.29. The molecule has 2 saturated heterocycles. The first kappa shape index (κ1) is 45.2. The van der Waals surface area contributed by atoms with Crippen LogP contribution in [0.1, 0.15) is 67.7 Å². The number of aliphatic hydroxyl groups excluding tert-OH is 1. The minimum Gasteiger partial charge on any atom is -0.496 e. The first-order chi connectivity index (χ1) is 30.7. The average molecular weight is 861 g/mol. The second-order valence-corrected chi connectivity index (χ2v) is 16.5. The van der Waals surface area contributed by atoms with Gasteiger partial charge in [-0.3, -0.25) is 19.4 Å². The largest absolute Gasteiger partial charge is 0.496 e. The van der Waals surface area contributed by atoms with Crippen LogP contribution in [0.2, 0.25) is 0 Å². The molecular formula is C54H56N2O8. The lowest BCUT2D eigenvalue weighted by molar-refractivity contribution is -0.160. The lowest BCUT2D eigenvalue weighted by atomic mass is 9.77. The summed E-state index contributed by atoms with van der Waals surface area (Å²) in [7, 11) is 3.23. The van der Waals surface area contributed by atoms with E-state index in [4.69, 9.17) is 18.9 Å². The maximum absolute atomic E-state index is 13.0. The van der Waals surface area contributed by atoms with E-state index in [1.54, 1.807) is 25.2 Å². The quantitative estimate of drug-likeness (QED) is 0.0871. The van der Waals surface area contributed by atoms with Crippen LogP contribution in [0.3, 0.4) is 0 Å². The van der Waals surface area contributed by atoms with Gasteiger partial charge in [-0.05, 0) is 121 Å². The molecule has 10 heteroatoms. The molecule has 2 amide bonds. The summed E-state index contributed by atoms with van der Waals surface area (Å²) in [6.45, 7) is 16.2. The molecule has 10 nitrogen and oxygen atoms in total. The molecule has 8 rings (SSSR count). The van der Waals surface area contributed by atoms with Crippen molar-refractivity contribution in [2.24, 2.45) is 0 Å². The fourth-order valence-corrected chi connectivity index (χ4v) is 8.21. The Morgan fingerprint density at radius 1 is 0.578 bits per heavy atom. The van der Waals surface area contributed by atoms with Crippen molar-refractivity contribution >= 4 is 23.2 Å². The second kappa shape index (κ2) is 18.8. The van der Waals surface area contributed by atoms with Crippen LogP contribution in [0.25, 0.3) is 0 Å². The minimum absolute atomic E-state index is 0.0670. The molecule has 0 spiro atoms. The van der Waals surface area contributed by atoms with Crippen LogP contribution in [-0.4, -0.2) is 48.5 Å². The highest BCUT2D eigenvalue weighted by molar-refractivity contribution is 6.15. The van der Waals surface area contributed by atoms with Crippen molar-refractivity contribution < 1.29 is 38.7 Å². The minimum atomic E-state index is -1.90. The molecule has 0 aliphatic carbocycles. The molecule has 2 aliphatic rings. The zero-order chi connectivity index (χ0) is 45.9. The number of anilines is 2. The molecule has 2 aliphatic heterocycles. The van der Waals surface area contributed by atoms with E-state index in [0.717, 1.165) is 67.3 Å². The van der Waals surface area contributed by atoms with Crippen molar-refractivity contribution in [2.75, 3.05) is 30.6 Å². The number of aryl methyl sites for hydroxylation is 4. The number of benzene rings is 6. The van der Waals surface area contributed by atoms with Crippen LogP contribution in [0, 0.1) is 41.5 Å². The van der Waals surface area contributed by atoms with Gasteiger partial charge in [0, 0.05) is 29.1 Å². The molecule has 2 N–H and O–H groups in total. The van der Waals surface area contributed by atoms with Crippen molar-refractivity contribution in [3.05, 3.63) is 189 Å². The molecule has 0 aromatic heterocycles. The summed E-state index contributed by atoms with van der Waals surface area (Å²) in [4.78, 5) is 29.1. The molecule has 0 radical (unpaired) electrons. The molecule has 0 saturated carbocycles. The molecule has 330 valence electrons. The number of β-lactam (4-membered cyclic amide) rings is 2. The summed E-state index contributed by atoms with van der Waals surface area (Å²) in [5.41, 5.74) is 9.99. The first-order valence-electron chi connectivity index (χ1n) is 21.2. The Labute approximate surface area is 375 Å². The summed E-state index contributed by atoms with van der Waals surface area (Å²) >= 11 is 0. The Balaban J connectivity index is 0.000000192. The van der Waals surface area contributed by atoms with Gasteiger partial charge in [-0.2, -0.15) is 0 Å². The summed E-state index contributed by atoms with van der Waals surface area (Å²) in [6.07, 6.45) is 0. The van der Waals surface area contributed by atoms with Crippen LogP contribution in [0.4, 0.5) is 11.4 Å². The lowest BCUT2D eigenvalue weighted by Crippen LogP contribution is -2.70. The molecular weight excluding hydrogens is 805 g/mol. The van der Waals surface area contributed by atoms with Crippen LogP contribution in [0.5, 0.6) is 23.0 Å². The topological polar surface area (TPSA) is 118 Å². The van der Waals surface area contributed by atoms with E-state index < -0.39 is 24.2 Å². The molecule has 2 fully saturated rings. The third kappa shape index (κ3) is 8.71. The van der Waals surface area contributed by atoms with E-state index in [-0.39, 0.29) is 11.9 Å². The van der Waals surface area contributed by atoms with Gasteiger partial charge in [-0.15, -0.1) is 0 Å². The van der Waals surface area contributed by atoms with Gasteiger partial charge in [0.2, 0.25) is 0 Å². The van der Waals surface area contributed by atoms with Gasteiger partial charge in [0.15, 0.2) is 5.60 Å². The van der Waals surface area contributed by atoms with Crippen molar-refractivity contribution in [3.63, 3.8) is 0 Å². The highest BCUT2D eigenvalue weighted by Gasteiger charge is 2.61. The average Bonchev–Trinajstić information content (AvgIpc) is 3.31. The zero-order valence-electron chi connectivity index (χ0n) is 37.8. The second-order valence-electron chi connectivity index (χ2n) is 16.5. The lowest BCUT2D eigenvalue weighted by Gasteiger charge is -2.52. The fraction of sp³-hybridized carbons (Fsp3) is 0.259. The first-order valence-corrected chi connectivity index (χ1v) is 21.2. The van der Waals surface area contributed by atoms with Crippen LogP contribution < -0.4 is 28.7 Å². The Kier molecular flexibility index (Phi) is 13.3. The van der Waals surface area contributed by atoms with E-state index in [1.807, 2.05) is 157 Å². The van der Waals surface area contributed by atoms with Crippen LogP contribution in [-0.2, 0) is 22.8 Å². The number of hydrogen-bond donors (Lipinski definition) is 2. The predicted molar refractivity (Wildman–Crippen MR) is 250 cm³/mol. The third-order valence-corrected chi connectivity index (χ3v) is 12.4. The van der Waals surface area contributed by atoms with Gasteiger partial charge in [0.1, 0.15) is 42.3 Å². The van der Waals surface area contributed by atoms with Gasteiger partial charge >= 0.3 is 0 Å². The molecule has 6 aromatic rings. The molecule has 6 aromatic carbocycles. The van der Waals surface area contributed by atoms with E-state index in [2.05, 4.69) is 6.58 Å². The number of aliphatic hydroxyl groups is 2. The number of nitrogens with zero attached hydrogens (tertiary/aromatic N) is 2. The van der Waals surface area contributed by atoms with E-state index in [0.29, 0.717) is 41.5 Å². The molecule has 0 bridgehead atoms. The Hall–Kier alpha value is -6.88.